The number of rotatable bonds is 5. The summed E-state index contributed by atoms with van der Waals surface area (Å²) >= 11 is 0. The predicted octanol–water partition coefficient (Wildman–Crippen LogP) is 1.45. The van der Waals surface area contributed by atoms with Crippen LogP contribution < -0.4 is 5.73 Å². The van der Waals surface area contributed by atoms with Crippen molar-refractivity contribution in [2.75, 3.05) is 13.6 Å². The standard InChI is InChI=1S/C10H18N2O/c1-9(11)3-5-12(2)7-10-4-6-13-8-10/h4,6,8-9H,3,5,7,11H2,1-2H3. The molecule has 0 aliphatic rings. The molecule has 0 aliphatic carbocycles. The number of hydrogen-bond acceptors (Lipinski definition) is 3. The van der Waals surface area contributed by atoms with Gasteiger partial charge in [-0.3, -0.25) is 0 Å². The Kier molecular flexibility index (Phi) is 3.99. The average Bonchev–Trinajstić information content (AvgIpc) is 2.53. The topological polar surface area (TPSA) is 42.4 Å². The van der Waals surface area contributed by atoms with E-state index in [1.54, 1.807) is 12.5 Å². The van der Waals surface area contributed by atoms with E-state index < -0.39 is 0 Å². The Balaban J connectivity index is 2.22. The smallest absolute Gasteiger partial charge is 0.0947 e. The van der Waals surface area contributed by atoms with Gasteiger partial charge in [0, 0.05) is 18.2 Å². The molecule has 2 N–H and O–H groups in total. The second-order valence-electron chi connectivity index (χ2n) is 3.64. The molecule has 3 nitrogen and oxygen atoms in total. The molecule has 1 unspecified atom stereocenters. The van der Waals surface area contributed by atoms with Gasteiger partial charge in [-0.15, -0.1) is 0 Å². The first kappa shape index (κ1) is 10.3. The van der Waals surface area contributed by atoms with Gasteiger partial charge in [-0.25, -0.2) is 0 Å². The van der Waals surface area contributed by atoms with Crippen LogP contribution in [0, 0.1) is 0 Å². The SMILES string of the molecule is CC(N)CCN(C)Cc1ccoc1. The number of furan rings is 1. The van der Waals surface area contributed by atoms with E-state index in [0.717, 1.165) is 19.5 Å². The van der Waals surface area contributed by atoms with Crippen LogP contribution in [0.4, 0.5) is 0 Å². The van der Waals surface area contributed by atoms with E-state index in [0.29, 0.717) is 0 Å². The normalized spacial score (nSPS) is 13.5. The molecule has 0 bridgehead atoms. The largest absolute Gasteiger partial charge is 0.472 e. The maximum absolute atomic E-state index is 5.67. The molecule has 74 valence electrons. The van der Waals surface area contributed by atoms with Gasteiger partial charge in [0.15, 0.2) is 0 Å². The van der Waals surface area contributed by atoms with E-state index >= 15 is 0 Å². The molecule has 0 aromatic carbocycles. The molecule has 3 heteroatoms. The summed E-state index contributed by atoms with van der Waals surface area (Å²) in [5.74, 6) is 0. The third-order valence-electron chi connectivity index (χ3n) is 2.00. The highest BCUT2D eigenvalue weighted by Gasteiger charge is 2.02. The lowest BCUT2D eigenvalue weighted by Gasteiger charge is -2.16. The molecule has 0 amide bonds. The van der Waals surface area contributed by atoms with Crippen LogP contribution in [0.1, 0.15) is 18.9 Å². The van der Waals surface area contributed by atoms with Crippen molar-refractivity contribution in [1.29, 1.82) is 0 Å². The van der Waals surface area contributed by atoms with Crippen molar-refractivity contribution in [1.82, 2.24) is 4.90 Å². The Morgan fingerprint density at radius 3 is 2.92 bits per heavy atom. The Morgan fingerprint density at radius 2 is 2.38 bits per heavy atom. The lowest BCUT2D eigenvalue weighted by Crippen LogP contribution is -2.25. The predicted molar refractivity (Wildman–Crippen MR) is 53.3 cm³/mol. The van der Waals surface area contributed by atoms with E-state index in [-0.39, 0.29) is 6.04 Å². The first-order valence-corrected chi connectivity index (χ1v) is 4.63. The summed E-state index contributed by atoms with van der Waals surface area (Å²) in [6.45, 7) is 4.00. The van der Waals surface area contributed by atoms with Crippen molar-refractivity contribution in [3.63, 3.8) is 0 Å². The third kappa shape index (κ3) is 4.10. The summed E-state index contributed by atoms with van der Waals surface area (Å²) in [6, 6.07) is 2.27. The summed E-state index contributed by atoms with van der Waals surface area (Å²) in [6.07, 6.45) is 4.52. The van der Waals surface area contributed by atoms with E-state index in [1.807, 2.05) is 13.0 Å². The summed E-state index contributed by atoms with van der Waals surface area (Å²) in [5.41, 5.74) is 6.88. The van der Waals surface area contributed by atoms with Crippen LogP contribution in [0.2, 0.25) is 0 Å². The zero-order chi connectivity index (χ0) is 9.68. The fourth-order valence-corrected chi connectivity index (χ4v) is 1.20. The van der Waals surface area contributed by atoms with Crippen LogP contribution in [0.5, 0.6) is 0 Å². The second-order valence-corrected chi connectivity index (χ2v) is 3.64. The molecule has 0 fully saturated rings. The van der Waals surface area contributed by atoms with Crippen molar-refractivity contribution in [3.8, 4) is 0 Å². The van der Waals surface area contributed by atoms with Gasteiger partial charge in [-0.2, -0.15) is 0 Å². The van der Waals surface area contributed by atoms with Crippen LogP contribution in [0.15, 0.2) is 23.0 Å². The Morgan fingerprint density at radius 1 is 1.62 bits per heavy atom. The molecule has 0 aliphatic heterocycles. The van der Waals surface area contributed by atoms with Crippen molar-refractivity contribution in [2.24, 2.45) is 5.73 Å². The first-order valence-electron chi connectivity index (χ1n) is 4.63. The molecule has 0 saturated heterocycles. The zero-order valence-corrected chi connectivity index (χ0v) is 8.36. The second kappa shape index (κ2) is 5.04. The molecule has 1 rings (SSSR count). The molecule has 1 aromatic rings. The van der Waals surface area contributed by atoms with Gasteiger partial charge in [0.25, 0.3) is 0 Å². The maximum Gasteiger partial charge on any atom is 0.0947 e. The number of nitrogens with zero attached hydrogens (tertiary/aromatic N) is 1. The fraction of sp³-hybridized carbons (Fsp3) is 0.600. The highest BCUT2D eigenvalue weighted by atomic mass is 16.3. The summed E-state index contributed by atoms with van der Waals surface area (Å²) < 4.78 is 4.99. The van der Waals surface area contributed by atoms with Crippen LogP contribution in [-0.2, 0) is 6.54 Å². The number of hydrogen-bond donors (Lipinski definition) is 1. The molecule has 1 heterocycles. The Bertz CT molecular complexity index is 219. The van der Waals surface area contributed by atoms with Crippen molar-refractivity contribution < 1.29 is 4.42 Å². The van der Waals surface area contributed by atoms with Gasteiger partial charge in [0.2, 0.25) is 0 Å². The fourth-order valence-electron chi connectivity index (χ4n) is 1.20. The van der Waals surface area contributed by atoms with Crippen LogP contribution in [-0.4, -0.2) is 24.5 Å². The minimum absolute atomic E-state index is 0.284. The van der Waals surface area contributed by atoms with Crippen LogP contribution in [0.25, 0.3) is 0 Å². The van der Waals surface area contributed by atoms with E-state index in [1.165, 1.54) is 5.56 Å². The number of nitrogens with two attached hydrogens (primary N) is 1. The van der Waals surface area contributed by atoms with Crippen molar-refractivity contribution >= 4 is 0 Å². The Hall–Kier alpha value is -0.800. The van der Waals surface area contributed by atoms with Gasteiger partial charge >= 0.3 is 0 Å². The summed E-state index contributed by atoms with van der Waals surface area (Å²) in [4.78, 5) is 2.24. The first-order chi connectivity index (χ1) is 6.18. The van der Waals surface area contributed by atoms with Gasteiger partial charge in [-0.1, -0.05) is 0 Å². The minimum Gasteiger partial charge on any atom is -0.472 e. The molecule has 1 atom stereocenters. The average molecular weight is 182 g/mol. The molecule has 13 heavy (non-hydrogen) atoms. The highest BCUT2D eigenvalue weighted by molar-refractivity contribution is 5.04. The van der Waals surface area contributed by atoms with E-state index in [2.05, 4.69) is 11.9 Å². The van der Waals surface area contributed by atoms with Gasteiger partial charge in [-0.05, 0) is 33.0 Å². The van der Waals surface area contributed by atoms with Crippen molar-refractivity contribution in [3.05, 3.63) is 24.2 Å². The molecular weight excluding hydrogens is 164 g/mol. The lowest BCUT2D eigenvalue weighted by molar-refractivity contribution is 0.312. The van der Waals surface area contributed by atoms with E-state index in [4.69, 9.17) is 10.2 Å². The van der Waals surface area contributed by atoms with E-state index in [9.17, 15) is 0 Å². The lowest BCUT2D eigenvalue weighted by atomic mass is 10.2. The molecule has 0 spiro atoms. The maximum atomic E-state index is 5.67. The van der Waals surface area contributed by atoms with Crippen LogP contribution in [0.3, 0.4) is 0 Å². The van der Waals surface area contributed by atoms with Gasteiger partial charge < -0.3 is 15.1 Å². The van der Waals surface area contributed by atoms with Crippen molar-refractivity contribution in [2.45, 2.75) is 25.9 Å². The monoisotopic (exact) mass is 182 g/mol. The minimum atomic E-state index is 0.284. The third-order valence-corrected chi connectivity index (χ3v) is 2.00. The molecule has 1 aromatic heterocycles. The Labute approximate surface area is 79.5 Å². The summed E-state index contributed by atoms with van der Waals surface area (Å²) in [7, 11) is 2.09. The van der Waals surface area contributed by atoms with Gasteiger partial charge in [0.1, 0.15) is 0 Å². The van der Waals surface area contributed by atoms with Gasteiger partial charge in [0.05, 0.1) is 12.5 Å². The van der Waals surface area contributed by atoms with Crippen LogP contribution >= 0.6 is 0 Å². The quantitative estimate of drug-likeness (QED) is 0.749. The molecular formula is C10H18N2O. The summed E-state index contributed by atoms with van der Waals surface area (Å²) in [5, 5.41) is 0. The zero-order valence-electron chi connectivity index (χ0n) is 8.36. The molecule has 0 radical (unpaired) electrons. The molecule has 0 saturated carbocycles. The highest BCUT2D eigenvalue weighted by Crippen LogP contribution is 2.04.